The van der Waals surface area contributed by atoms with Crippen molar-refractivity contribution in [3.8, 4) is 0 Å². The van der Waals surface area contributed by atoms with Crippen LogP contribution in [0.4, 0.5) is 0 Å². The first kappa shape index (κ1) is 14.2. The molecule has 14 heavy (non-hydrogen) atoms. The average Bonchev–Trinajstić information content (AvgIpc) is 2.22. The van der Waals surface area contributed by atoms with Crippen LogP contribution in [0.1, 0.15) is 39.5 Å². The van der Waals surface area contributed by atoms with Gasteiger partial charge in [-0.2, -0.15) is 0 Å². The standard InChI is InChI=1S/C12H22S2/c1-5-9-11(7-3)13-14-12(8-4)10-6-2/h7-8,11-12H,3-6,9-10H2,1-2H3. The average molecular weight is 230 g/mol. The molecule has 0 bridgehead atoms. The quantitative estimate of drug-likeness (QED) is 0.400. The maximum Gasteiger partial charge on any atom is 0.0328 e. The lowest BCUT2D eigenvalue weighted by Crippen LogP contribution is -1.99. The molecule has 0 rings (SSSR count). The minimum absolute atomic E-state index is 0.601. The van der Waals surface area contributed by atoms with Crippen molar-refractivity contribution in [3.05, 3.63) is 25.3 Å². The Morgan fingerprint density at radius 3 is 1.50 bits per heavy atom. The Kier molecular flexibility index (Phi) is 9.85. The molecule has 0 radical (unpaired) electrons. The molecule has 0 nitrogen and oxygen atoms in total. The fourth-order valence-electron chi connectivity index (χ4n) is 1.12. The van der Waals surface area contributed by atoms with Crippen molar-refractivity contribution in [2.75, 3.05) is 0 Å². The van der Waals surface area contributed by atoms with Gasteiger partial charge < -0.3 is 0 Å². The third-order valence-electron chi connectivity index (χ3n) is 1.97. The smallest absolute Gasteiger partial charge is 0.0328 e. The van der Waals surface area contributed by atoms with Gasteiger partial charge in [-0.1, -0.05) is 60.4 Å². The summed E-state index contributed by atoms with van der Waals surface area (Å²) in [6.45, 7) is 12.2. The Hall–Kier alpha value is 0.180. The van der Waals surface area contributed by atoms with Crippen LogP contribution in [-0.4, -0.2) is 10.5 Å². The maximum absolute atomic E-state index is 3.87. The van der Waals surface area contributed by atoms with E-state index in [1.54, 1.807) is 0 Å². The highest BCUT2D eigenvalue weighted by molar-refractivity contribution is 8.77. The number of hydrogen-bond acceptors (Lipinski definition) is 2. The molecule has 0 spiro atoms. The van der Waals surface area contributed by atoms with E-state index in [9.17, 15) is 0 Å². The molecule has 0 N–H and O–H groups in total. The second-order valence-electron chi connectivity index (χ2n) is 3.32. The van der Waals surface area contributed by atoms with Crippen LogP contribution in [0.2, 0.25) is 0 Å². The van der Waals surface area contributed by atoms with Gasteiger partial charge >= 0.3 is 0 Å². The highest BCUT2D eigenvalue weighted by Crippen LogP contribution is 2.35. The van der Waals surface area contributed by atoms with Crippen molar-refractivity contribution in [2.24, 2.45) is 0 Å². The number of hydrogen-bond donors (Lipinski definition) is 0. The van der Waals surface area contributed by atoms with Gasteiger partial charge in [0.1, 0.15) is 0 Å². The Morgan fingerprint density at radius 2 is 1.29 bits per heavy atom. The normalized spacial score (nSPS) is 14.7. The van der Waals surface area contributed by atoms with Gasteiger partial charge in [0, 0.05) is 10.5 Å². The van der Waals surface area contributed by atoms with Gasteiger partial charge in [0.05, 0.1) is 0 Å². The minimum atomic E-state index is 0.601. The van der Waals surface area contributed by atoms with E-state index >= 15 is 0 Å². The molecule has 82 valence electrons. The second-order valence-corrected chi connectivity index (χ2v) is 6.07. The van der Waals surface area contributed by atoms with E-state index in [4.69, 9.17) is 0 Å². The molecule has 0 aliphatic heterocycles. The predicted octanol–water partition coefficient (Wildman–Crippen LogP) is 5.08. The molecular formula is C12H22S2. The van der Waals surface area contributed by atoms with Crippen LogP contribution in [0, 0.1) is 0 Å². The third kappa shape index (κ3) is 6.61. The molecule has 0 aromatic heterocycles. The van der Waals surface area contributed by atoms with Crippen molar-refractivity contribution in [1.82, 2.24) is 0 Å². The second kappa shape index (κ2) is 9.72. The van der Waals surface area contributed by atoms with Crippen LogP contribution in [0.15, 0.2) is 25.3 Å². The van der Waals surface area contributed by atoms with Gasteiger partial charge in [0.15, 0.2) is 0 Å². The van der Waals surface area contributed by atoms with Gasteiger partial charge in [0.25, 0.3) is 0 Å². The monoisotopic (exact) mass is 230 g/mol. The van der Waals surface area contributed by atoms with E-state index < -0.39 is 0 Å². The van der Waals surface area contributed by atoms with Crippen molar-refractivity contribution >= 4 is 21.6 Å². The zero-order valence-electron chi connectivity index (χ0n) is 9.37. The highest BCUT2D eigenvalue weighted by Gasteiger charge is 2.08. The molecule has 0 saturated heterocycles. The minimum Gasteiger partial charge on any atom is -0.102 e. The summed E-state index contributed by atoms with van der Waals surface area (Å²) >= 11 is 0. The Morgan fingerprint density at radius 1 is 0.929 bits per heavy atom. The highest BCUT2D eigenvalue weighted by atomic mass is 33.1. The van der Waals surface area contributed by atoms with E-state index in [0.29, 0.717) is 10.5 Å². The zero-order valence-corrected chi connectivity index (χ0v) is 11.0. The Labute approximate surface area is 97.0 Å². The summed E-state index contributed by atoms with van der Waals surface area (Å²) in [5.41, 5.74) is 0. The molecule has 0 fully saturated rings. The van der Waals surface area contributed by atoms with Gasteiger partial charge in [0.2, 0.25) is 0 Å². The van der Waals surface area contributed by atoms with Crippen LogP contribution in [-0.2, 0) is 0 Å². The Balaban J connectivity index is 3.74. The molecule has 0 amide bonds. The van der Waals surface area contributed by atoms with Crippen LogP contribution in [0.3, 0.4) is 0 Å². The molecule has 2 atom stereocenters. The van der Waals surface area contributed by atoms with Crippen molar-refractivity contribution in [3.63, 3.8) is 0 Å². The lowest BCUT2D eigenvalue weighted by atomic mass is 10.2. The van der Waals surface area contributed by atoms with E-state index in [1.807, 2.05) is 21.6 Å². The lowest BCUT2D eigenvalue weighted by molar-refractivity contribution is 0.827. The van der Waals surface area contributed by atoms with Crippen LogP contribution in [0.25, 0.3) is 0 Å². The van der Waals surface area contributed by atoms with E-state index in [2.05, 4.69) is 39.2 Å². The van der Waals surface area contributed by atoms with Crippen LogP contribution in [0.5, 0.6) is 0 Å². The summed E-state index contributed by atoms with van der Waals surface area (Å²) in [6, 6.07) is 0. The van der Waals surface area contributed by atoms with Gasteiger partial charge in [-0.05, 0) is 12.8 Å². The fourth-order valence-corrected chi connectivity index (χ4v) is 4.13. The first-order valence-electron chi connectivity index (χ1n) is 5.35. The first-order valence-corrected chi connectivity index (χ1v) is 7.63. The summed E-state index contributed by atoms with van der Waals surface area (Å²) in [5.74, 6) is 0. The van der Waals surface area contributed by atoms with E-state index in [0.717, 1.165) is 0 Å². The summed E-state index contributed by atoms with van der Waals surface area (Å²) in [5, 5.41) is 1.20. The summed E-state index contributed by atoms with van der Waals surface area (Å²) in [6.07, 6.45) is 9.06. The molecule has 0 aliphatic rings. The first-order chi connectivity index (χ1) is 6.78. The summed E-state index contributed by atoms with van der Waals surface area (Å²) in [7, 11) is 3.89. The molecule has 0 saturated carbocycles. The molecule has 2 heteroatoms. The predicted molar refractivity (Wildman–Crippen MR) is 73.0 cm³/mol. The topological polar surface area (TPSA) is 0 Å². The molecule has 0 heterocycles. The molecule has 2 unspecified atom stereocenters. The lowest BCUT2D eigenvalue weighted by Gasteiger charge is -2.14. The molecule has 0 aromatic carbocycles. The molecular weight excluding hydrogens is 208 g/mol. The SMILES string of the molecule is C=CC(CCC)SSC(C=C)CCC. The van der Waals surface area contributed by atoms with E-state index in [-0.39, 0.29) is 0 Å². The van der Waals surface area contributed by atoms with Crippen LogP contribution >= 0.6 is 21.6 Å². The zero-order chi connectivity index (χ0) is 10.8. The largest absolute Gasteiger partial charge is 0.102 e. The molecule has 0 aliphatic carbocycles. The van der Waals surface area contributed by atoms with Gasteiger partial charge in [-0.3, -0.25) is 0 Å². The van der Waals surface area contributed by atoms with Crippen molar-refractivity contribution < 1.29 is 0 Å². The fraction of sp³-hybridized carbons (Fsp3) is 0.667. The van der Waals surface area contributed by atoms with Gasteiger partial charge in [-0.25, -0.2) is 0 Å². The van der Waals surface area contributed by atoms with Crippen LogP contribution < -0.4 is 0 Å². The van der Waals surface area contributed by atoms with Crippen molar-refractivity contribution in [2.45, 2.75) is 50.0 Å². The van der Waals surface area contributed by atoms with Gasteiger partial charge in [-0.15, -0.1) is 13.2 Å². The molecule has 0 aromatic rings. The summed E-state index contributed by atoms with van der Waals surface area (Å²) in [4.78, 5) is 0. The maximum atomic E-state index is 3.87. The van der Waals surface area contributed by atoms with E-state index in [1.165, 1.54) is 25.7 Å². The van der Waals surface area contributed by atoms with Crippen molar-refractivity contribution in [1.29, 1.82) is 0 Å². The number of rotatable bonds is 9. The Bertz CT molecular complexity index is 136. The third-order valence-corrected chi connectivity index (χ3v) is 5.25. The summed E-state index contributed by atoms with van der Waals surface area (Å²) < 4.78 is 0.